The molecule has 0 aliphatic rings. The lowest BCUT2D eigenvalue weighted by Gasteiger charge is -2.17. The topological polar surface area (TPSA) is 72.6 Å². The Bertz CT molecular complexity index is 1210. The molecule has 0 unspecified atom stereocenters. The number of fused-ring (bicyclic) bond motifs is 1. The highest BCUT2D eigenvalue weighted by molar-refractivity contribution is 5.99. The zero-order valence-corrected chi connectivity index (χ0v) is 17.4. The summed E-state index contributed by atoms with van der Waals surface area (Å²) in [6.07, 6.45) is 0. The van der Waals surface area contributed by atoms with E-state index in [-0.39, 0.29) is 12.5 Å². The van der Waals surface area contributed by atoms with Crippen LogP contribution < -0.4 is 0 Å². The van der Waals surface area contributed by atoms with Gasteiger partial charge in [-0.15, -0.1) is 0 Å². The molecule has 0 aliphatic heterocycles. The van der Waals surface area contributed by atoms with Gasteiger partial charge in [-0.1, -0.05) is 65.3 Å². The van der Waals surface area contributed by atoms with Gasteiger partial charge < -0.3 is 14.2 Å². The van der Waals surface area contributed by atoms with E-state index in [1.54, 1.807) is 25.2 Å². The van der Waals surface area contributed by atoms with Gasteiger partial charge in [-0.3, -0.25) is 4.79 Å². The third-order valence-corrected chi connectivity index (χ3v) is 5.04. The van der Waals surface area contributed by atoms with Crippen LogP contribution in [0.15, 0.2) is 77.3 Å². The Morgan fingerprint density at radius 3 is 2.48 bits per heavy atom. The van der Waals surface area contributed by atoms with Crippen LogP contribution in [0.5, 0.6) is 0 Å². The summed E-state index contributed by atoms with van der Waals surface area (Å²) in [7, 11) is 1.69. The van der Waals surface area contributed by atoms with Gasteiger partial charge in [0.1, 0.15) is 5.52 Å². The van der Waals surface area contributed by atoms with Crippen molar-refractivity contribution in [3.05, 3.63) is 89.5 Å². The van der Waals surface area contributed by atoms with Gasteiger partial charge in [-0.2, -0.15) is 0 Å². The first kappa shape index (κ1) is 20.3. The average Bonchev–Trinajstić information content (AvgIpc) is 3.22. The molecule has 0 saturated heterocycles. The summed E-state index contributed by atoms with van der Waals surface area (Å²) in [6, 6.07) is 22.5. The normalized spacial score (nSPS) is 10.8. The zero-order valence-electron chi connectivity index (χ0n) is 17.4. The number of esters is 1. The fraction of sp³-hybridized carbons (Fsp3) is 0.160. The summed E-state index contributed by atoms with van der Waals surface area (Å²) >= 11 is 0. The molecule has 1 heterocycles. The van der Waals surface area contributed by atoms with E-state index in [2.05, 4.69) is 5.16 Å². The van der Waals surface area contributed by atoms with E-state index in [4.69, 9.17) is 9.26 Å². The smallest absolute Gasteiger partial charge is 0.338 e. The molecule has 1 aromatic heterocycles. The predicted octanol–water partition coefficient (Wildman–Crippen LogP) is 4.62. The highest BCUT2D eigenvalue weighted by Gasteiger charge is 2.17. The first-order valence-corrected chi connectivity index (χ1v) is 9.93. The predicted molar refractivity (Wildman–Crippen MR) is 117 cm³/mol. The first-order chi connectivity index (χ1) is 15.0. The van der Waals surface area contributed by atoms with E-state index in [0.717, 1.165) is 16.7 Å². The molecule has 3 aromatic carbocycles. The number of amides is 1. The molecule has 31 heavy (non-hydrogen) atoms. The van der Waals surface area contributed by atoms with Gasteiger partial charge >= 0.3 is 5.97 Å². The minimum atomic E-state index is -0.570. The zero-order chi connectivity index (χ0) is 21.8. The summed E-state index contributed by atoms with van der Waals surface area (Å²) in [5.41, 5.74) is 4.01. The van der Waals surface area contributed by atoms with Crippen LogP contribution in [0.3, 0.4) is 0 Å². The highest BCUT2D eigenvalue weighted by Crippen LogP contribution is 2.29. The molecular formula is C25H22N2O4. The minimum Gasteiger partial charge on any atom is -0.452 e. The van der Waals surface area contributed by atoms with Crippen molar-refractivity contribution in [2.75, 3.05) is 13.7 Å². The van der Waals surface area contributed by atoms with Crippen molar-refractivity contribution in [1.82, 2.24) is 10.1 Å². The Balaban J connectivity index is 1.42. The minimum absolute atomic E-state index is 0.273. The average molecular weight is 414 g/mol. The summed E-state index contributed by atoms with van der Waals surface area (Å²) in [5.74, 6) is -0.261. The molecule has 0 saturated carbocycles. The third-order valence-electron chi connectivity index (χ3n) is 5.04. The van der Waals surface area contributed by atoms with Crippen molar-refractivity contribution in [2.45, 2.75) is 13.5 Å². The quantitative estimate of drug-likeness (QED) is 0.431. The highest BCUT2D eigenvalue weighted by atomic mass is 16.5. The summed E-state index contributed by atoms with van der Waals surface area (Å²) in [5, 5.41) is 4.76. The molecule has 4 rings (SSSR count). The van der Waals surface area contributed by atoms with Crippen molar-refractivity contribution in [3.63, 3.8) is 0 Å². The van der Waals surface area contributed by atoms with E-state index in [0.29, 0.717) is 28.8 Å². The van der Waals surface area contributed by atoms with Gasteiger partial charge in [0, 0.05) is 19.2 Å². The summed E-state index contributed by atoms with van der Waals surface area (Å²) < 4.78 is 10.7. The van der Waals surface area contributed by atoms with Crippen molar-refractivity contribution in [1.29, 1.82) is 0 Å². The number of ether oxygens (including phenoxy) is 1. The van der Waals surface area contributed by atoms with Crippen LogP contribution in [0.25, 0.3) is 22.2 Å². The number of carbonyl (C=O) groups is 2. The van der Waals surface area contributed by atoms with Gasteiger partial charge in [0.2, 0.25) is 0 Å². The van der Waals surface area contributed by atoms with Crippen LogP contribution in [0.2, 0.25) is 0 Å². The monoisotopic (exact) mass is 414 g/mol. The number of hydrogen-bond donors (Lipinski definition) is 0. The van der Waals surface area contributed by atoms with E-state index in [9.17, 15) is 9.59 Å². The maximum Gasteiger partial charge on any atom is 0.338 e. The van der Waals surface area contributed by atoms with Gasteiger partial charge in [-0.25, -0.2) is 4.79 Å². The number of hydrogen-bond acceptors (Lipinski definition) is 5. The molecule has 0 bridgehead atoms. The van der Waals surface area contributed by atoms with E-state index in [1.807, 2.05) is 61.5 Å². The molecule has 6 nitrogen and oxygen atoms in total. The van der Waals surface area contributed by atoms with Crippen LogP contribution >= 0.6 is 0 Å². The largest absolute Gasteiger partial charge is 0.452 e. The lowest BCUT2D eigenvalue weighted by molar-refractivity contribution is -0.133. The third kappa shape index (κ3) is 4.64. The van der Waals surface area contributed by atoms with Gasteiger partial charge in [0.15, 0.2) is 12.4 Å². The molecule has 4 aromatic rings. The molecule has 1 amide bonds. The summed E-state index contributed by atoms with van der Waals surface area (Å²) in [6.45, 7) is 2.13. The van der Waals surface area contributed by atoms with Gasteiger partial charge in [-0.05, 0) is 30.7 Å². The Labute approximate surface area is 180 Å². The molecule has 0 spiro atoms. The second kappa shape index (κ2) is 8.83. The molecule has 0 N–H and O–H groups in total. The van der Waals surface area contributed by atoms with Crippen LogP contribution in [-0.2, 0) is 16.1 Å². The second-order valence-electron chi connectivity index (χ2n) is 7.42. The van der Waals surface area contributed by atoms with Gasteiger partial charge in [0.05, 0.1) is 10.9 Å². The Kier molecular flexibility index (Phi) is 5.80. The fourth-order valence-corrected chi connectivity index (χ4v) is 3.24. The van der Waals surface area contributed by atoms with Crippen molar-refractivity contribution >= 4 is 22.8 Å². The standard InChI is InChI=1S/C25H22N2O4/c1-17-8-10-18(11-9-17)15-27(2)23(28)16-30-25(29)20-12-13-22-21(14-20)24(31-26-22)19-6-4-3-5-7-19/h3-14H,15-16H2,1-2H3. The van der Waals surface area contributed by atoms with Crippen molar-refractivity contribution < 1.29 is 18.8 Å². The molecule has 0 aliphatic carbocycles. The van der Waals surface area contributed by atoms with E-state index in [1.165, 1.54) is 4.90 Å². The van der Waals surface area contributed by atoms with E-state index >= 15 is 0 Å². The SMILES string of the molecule is Cc1ccc(CN(C)C(=O)COC(=O)c2ccc3noc(-c4ccccc4)c3c2)cc1. The van der Waals surface area contributed by atoms with Crippen LogP contribution in [0.1, 0.15) is 21.5 Å². The van der Waals surface area contributed by atoms with E-state index < -0.39 is 5.97 Å². The maximum absolute atomic E-state index is 12.5. The second-order valence-corrected chi connectivity index (χ2v) is 7.42. The molecule has 156 valence electrons. The Morgan fingerprint density at radius 2 is 1.74 bits per heavy atom. The number of benzene rings is 3. The van der Waals surface area contributed by atoms with Gasteiger partial charge in [0.25, 0.3) is 5.91 Å². The number of nitrogens with zero attached hydrogens (tertiary/aromatic N) is 2. The number of likely N-dealkylation sites (N-methyl/N-ethyl adjacent to an activating group) is 1. The lowest BCUT2D eigenvalue weighted by atomic mass is 10.1. The lowest BCUT2D eigenvalue weighted by Crippen LogP contribution is -2.30. The number of aryl methyl sites for hydroxylation is 1. The molecular weight excluding hydrogens is 392 g/mol. The molecule has 6 heteroatoms. The Morgan fingerprint density at radius 1 is 1.00 bits per heavy atom. The van der Waals surface area contributed by atoms with Crippen LogP contribution in [0.4, 0.5) is 0 Å². The number of rotatable bonds is 6. The maximum atomic E-state index is 12.5. The summed E-state index contributed by atoms with van der Waals surface area (Å²) in [4.78, 5) is 26.5. The van der Waals surface area contributed by atoms with Crippen LogP contribution in [0, 0.1) is 6.92 Å². The van der Waals surface area contributed by atoms with Crippen LogP contribution in [-0.4, -0.2) is 35.6 Å². The first-order valence-electron chi connectivity index (χ1n) is 9.93. The van der Waals surface area contributed by atoms with Crippen molar-refractivity contribution in [2.24, 2.45) is 0 Å². The Hall–Kier alpha value is -3.93. The van der Waals surface area contributed by atoms with Crippen molar-refractivity contribution in [3.8, 4) is 11.3 Å². The molecule has 0 fully saturated rings. The molecule has 0 atom stereocenters. The number of aromatic nitrogens is 1. The fourth-order valence-electron chi connectivity index (χ4n) is 3.24. The number of carbonyl (C=O) groups excluding carboxylic acids is 2. The molecule has 0 radical (unpaired) electrons.